The topological polar surface area (TPSA) is 346 Å². The summed E-state index contributed by atoms with van der Waals surface area (Å²) < 4.78 is 56.3. The largest absolute Gasteiger partial charge is 0.396 e. The second-order valence-electron chi connectivity index (χ2n) is 26.4. The Kier molecular flexibility index (Phi) is 15.5. The third-order valence-corrected chi connectivity index (χ3v) is 22.5. The summed E-state index contributed by atoms with van der Waals surface area (Å²) in [6.45, 7) is 13.9. The van der Waals surface area contributed by atoms with Crippen LogP contribution in [-0.4, -0.2) is 234 Å². The molecule has 75 heavy (non-hydrogen) atoms. The van der Waals surface area contributed by atoms with Crippen molar-refractivity contribution in [2.45, 2.75) is 247 Å². The maximum atomic E-state index is 12.4. The highest BCUT2D eigenvalue weighted by Gasteiger charge is 2.80. The molecule has 10 rings (SSSR count). The lowest BCUT2D eigenvalue weighted by molar-refractivity contribution is -0.394. The molecule has 5 aliphatic heterocycles. The lowest BCUT2D eigenvalue weighted by Crippen LogP contribution is -2.74. The Labute approximate surface area is 438 Å². The summed E-state index contributed by atoms with van der Waals surface area (Å²) in [7, 11) is 0. The molecule has 0 amide bonds. The summed E-state index contributed by atoms with van der Waals surface area (Å²) in [4.78, 5) is 0. The minimum atomic E-state index is -1.88. The van der Waals surface area contributed by atoms with E-state index in [4.69, 9.17) is 42.6 Å². The highest BCUT2D eigenvalue weighted by Crippen LogP contribution is 2.80. The maximum absolute atomic E-state index is 12.4. The normalized spacial score (nSPS) is 58.6. The molecule has 13 N–H and O–H groups in total. The quantitative estimate of drug-likeness (QED) is 0.102. The van der Waals surface area contributed by atoms with Crippen LogP contribution in [0.2, 0.25) is 0 Å². The van der Waals surface area contributed by atoms with Gasteiger partial charge in [0.05, 0.1) is 50.3 Å². The van der Waals surface area contributed by atoms with Crippen molar-refractivity contribution in [3.05, 3.63) is 0 Å². The smallest absolute Gasteiger partial charge is 0.187 e. The van der Waals surface area contributed by atoms with Crippen molar-refractivity contribution in [3.8, 4) is 0 Å². The van der Waals surface area contributed by atoms with Crippen molar-refractivity contribution in [2.75, 3.05) is 33.0 Å². The van der Waals surface area contributed by atoms with E-state index in [0.717, 1.165) is 51.4 Å². The second-order valence-corrected chi connectivity index (χ2v) is 26.4. The minimum absolute atomic E-state index is 0.108. The van der Waals surface area contributed by atoms with E-state index in [1.165, 1.54) is 6.92 Å². The van der Waals surface area contributed by atoms with Gasteiger partial charge >= 0.3 is 0 Å². The zero-order valence-corrected chi connectivity index (χ0v) is 44.5. The molecule has 10 fully saturated rings. The molecule has 0 aromatic heterocycles. The minimum Gasteiger partial charge on any atom is -0.396 e. The van der Waals surface area contributed by atoms with E-state index in [-0.39, 0.29) is 51.4 Å². The van der Waals surface area contributed by atoms with Gasteiger partial charge in [-0.25, -0.2) is 0 Å². The fourth-order valence-electron chi connectivity index (χ4n) is 17.7. The van der Waals surface area contributed by atoms with Gasteiger partial charge in [0.25, 0.3) is 0 Å². The number of ether oxygens (including phenoxy) is 9. The van der Waals surface area contributed by atoms with Gasteiger partial charge in [-0.05, 0) is 111 Å². The zero-order valence-electron chi connectivity index (χ0n) is 44.5. The van der Waals surface area contributed by atoms with Crippen molar-refractivity contribution < 1.29 is 109 Å². The van der Waals surface area contributed by atoms with Gasteiger partial charge < -0.3 is 109 Å². The molecule has 10 aliphatic rings. The van der Waals surface area contributed by atoms with Crippen molar-refractivity contribution in [1.29, 1.82) is 0 Å². The molecule has 5 aliphatic carbocycles. The third kappa shape index (κ3) is 8.62. The first-order valence-electron chi connectivity index (χ1n) is 27.7. The Morgan fingerprint density at radius 1 is 0.520 bits per heavy atom. The number of rotatable bonds is 11. The number of fused-ring (bicyclic) bond motifs is 4. The molecule has 2 bridgehead atoms. The first-order valence-corrected chi connectivity index (χ1v) is 27.7. The maximum Gasteiger partial charge on any atom is 0.187 e. The summed E-state index contributed by atoms with van der Waals surface area (Å²) in [5.74, 6) is 0.556. The predicted octanol–water partition coefficient (Wildman–Crippen LogP) is -1.71. The average Bonchev–Trinajstić information content (AvgIpc) is 3.66. The van der Waals surface area contributed by atoms with E-state index in [0.29, 0.717) is 19.4 Å². The Bertz CT molecular complexity index is 2020. The fourth-order valence-corrected chi connectivity index (χ4v) is 17.7. The monoisotopic (exact) mass is 1080 g/mol. The molecule has 0 aromatic rings. The summed E-state index contributed by atoms with van der Waals surface area (Å²) in [6, 6.07) is 0. The van der Waals surface area contributed by atoms with E-state index < -0.39 is 160 Å². The van der Waals surface area contributed by atoms with Gasteiger partial charge in [-0.15, -0.1) is 0 Å². The number of aliphatic hydroxyl groups excluding tert-OH is 13. The summed E-state index contributed by atoms with van der Waals surface area (Å²) in [6.07, 6.45) is -23.9. The van der Waals surface area contributed by atoms with Gasteiger partial charge in [-0.1, -0.05) is 41.5 Å². The molecule has 22 nitrogen and oxygen atoms in total. The number of aliphatic hydroxyl groups is 13. The van der Waals surface area contributed by atoms with E-state index in [1.54, 1.807) is 0 Å². The van der Waals surface area contributed by atoms with Crippen LogP contribution in [0.1, 0.15) is 113 Å². The number of hydrogen-bond acceptors (Lipinski definition) is 22. The Balaban J connectivity index is 0.901. The molecular weight excluding hydrogens is 989 g/mol. The van der Waals surface area contributed by atoms with Crippen LogP contribution in [0, 0.1) is 50.2 Å². The Morgan fingerprint density at radius 2 is 1.12 bits per heavy atom. The lowest BCUT2D eigenvalue weighted by Gasteiger charge is -2.75. The van der Waals surface area contributed by atoms with Gasteiger partial charge in [0.2, 0.25) is 0 Å². The van der Waals surface area contributed by atoms with Gasteiger partial charge in [0.1, 0.15) is 85.5 Å². The van der Waals surface area contributed by atoms with Crippen molar-refractivity contribution in [2.24, 2.45) is 50.2 Å². The first-order chi connectivity index (χ1) is 35.2. The molecular formula is C53H88O22. The van der Waals surface area contributed by atoms with Gasteiger partial charge in [0.15, 0.2) is 25.2 Å². The van der Waals surface area contributed by atoms with Crippen LogP contribution < -0.4 is 0 Å². The van der Waals surface area contributed by atoms with Gasteiger partial charge in [-0.3, -0.25) is 0 Å². The molecule has 1 spiro atoms. The van der Waals surface area contributed by atoms with Gasteiger partial charge in [-0.2, -0.15) is 0 Å². The first kappa shape index (κ1) is 57.4. The SMILES string of the molecule is C[C@@H]1O[C@@H](O[C@H]2[C@H](O[C@H]3CO[C@@H](O[C@H]4CC[C@@]5(C)C(CC[C@]6(C)C5CC[C@]57OC[C@@]8(CC[C@](C)(CO)CC85)[C@H](O)C[C@]76C)C4(C)C)[C@H](O[C@@H]4O[C@H](CO)[C@@H](O)[C@H](O)[C@H]4O)[C@H]3O)O[C@H](CO)[C@@H](O)[C@@H]2O)[C@H](O)[C@H](O)[C@H]1O. The van der Waals surface area contributed by atoms with Crippen LogP contribution >= 0.6 is 0 Å². The standard InChI is InChI=1S/C53H88O22/c1-23-32(58)36(62)39(65)43(69-23)75-42-38(64)34(60)25(19-55)71-46(42)72-26-20-67-45(41(35(26)61)74-44-40(66)37(63)33(59)24(18-54)70-44)73-31-10-11-49(5)27(47(31,2)3)8-12-50(6)28(49)9-13-53-29-16-48(4,21-56)14-15-52(29,22-68-53)30(57)17-51(50,53)7/h23-46,54-66H,8-22H2,1-7H3/t23-,24+,25+,26-,27?,28?,29?,30+,31-,32-,33+,34+,35-,36+,37-,38-,39+,40+,41+,42+,43-,44-,45-,46-,48-,49-,50+,51-,52+,53-/m0/s1. The van der Waals surface area contributed by atoms with Crippen LogP contribution in [0.25, 0.3) is 0 Å². The lowest BCUT2D eigenvalue weighted by atomic mass is 9.30. The van der Waals surface area contributed by atoms with Crippen molar-refractivity contribution in [1.82, 2.24) is 0 Å². The molecule has 0 radical (unpaired) electrons. The summed E-state index contributed by atoms with van der Waals surface area (Å²) in [5.41, 5.74) is -2.16. The Morgan fingerprint density at radius 3 is 1.77 bits per heavy atom. The summed E-state index contributed by atoms with van der Waals surface area (Å²) in [5, 5.41) is 142. The van der Waals surface area contributed by atoms with Crippen LogP contribution in [0.15, 0.2) is 0 Å². The fraction of sp³-hybridized carbons (Fsp3) is 1.00. The molecule has 5 heterocycles. The molecule has 432 valence electrons. The molecule has 0 aromatic carbocycles. The molecule has 5 saturated heterocycles. The average molecular weight is 1080 g/mol. The van der Waals surface area contributed by atoms with E-state index in [1.807, 2.05) is 0 Å². The molecule has 22 heteroatoms. The molecule has 3 unspecified atom stereocenters. The van der Waals surface area contributed by atoms with Crippen LogP contribution in [0.3, 0.4) is 0 Å². The molecule has 5 saturated carbocycles. The third-order valence-electron chi connectivity index (χ3n) is 22.5. The van der Waals surface area contributed by atoms with Crippen molar-refractivity contribution in [3.63, 3.8) is 0 Å². The van der Waals surface area contributed by atoms with E-state index in [9.17, 15) is 66.4 Å². The van der Waals surface area contributed by atoms with E-state index in [2.05, 4.69) is 41.5 Å². The predicted molar refractivity (Wildman–Crippen MR) is 256 cm³/mol. The number of hydrogen-bond donors (Lipinski definition) is 13. The molecule has 30 atom stereocenters. The highest BCUT2D eigenvalue weighted by atomic mass is 16.8. The Hall–Kier alpha value is -0.880. The van der Waals surface area contributed by atoms with Crippen LogP contribution in [-0.2, 0) is 42.6 Å². The van der Waals surface area contributed by atoms with E-state index >= 15 is 0 Å². The zero-order chi connectivity index (χ0) is 54.3. The van der Waals surface area contributed by atoms with Gasteiger partial charge in [0, 0.05) is 17.4 Å². The van der Waals surface area contributed by atoms with Crippen molar-refractivity contribution >= 4 is 0 Å². The van der Waals surface area contributed by atoms with Crippen LogP contribution in [0.5, 0.6) is 0 Å². The second kappa shape index (κ2) is 20.2. The highest BCUT2D eigenvalue weighted by molar-refractivity contribution is 5.28. The van der Waals surface area contributed by atoms with Crippen LogP contribution in [0.4, 0.5) is 0 Å². The summed E-state index contributed by atoms with van der Waals surface area (Å²) >= 11 is 0.